The number of carbonyl (C=O) groups excluding carboxylic acids is 1. The summed E-state index contributed by atoms with van der Waals surface area (Å²) in [6.45, 7) is 4.53. The van der Waals surface area contributed by atoms with Crippen LogP contribution in [0.4, 0.5) is 0 Å². The summed E-state index contributed by atoms with van der Waals surface area (Å²) in [6.07, 6.45) is 2.07. The maximum Gasteiger partial charge on any atom is 0.260 e. The molecule has 0 unspecified atom stereocenters. The van der Waals surface area contributed by atoms with Gasteiger partial charge in [0.2, 0.25) is 0 Å². The Bertz CT molecular complexity index is 835. The number of hydrogen-bond donors (Lipinski definition) is 0. The van der Waals surface area contributed by atoms with Gasteiger partial charge in [-0.05, 0) is 24.3 Å². The van der Waals surface area contributed by atoms with E-state index >= 15 is 0 Å². The number of ether oxygens (including phenoxy) is 2. The number of benzene rings is 2. The van der Waals surface area contributed by atoms with Gasteiger partial charge in [0.1, 0.15) is 11.5 Å². The highest BCUT2D eigenvalue weighted by molar-refractivity contribution is 6.03. The minimum atomic E-state index is -0.222. The summed E-state index contributed by atoms with van der Waals surface area (Å²) in [4.78, 5) is 19.8. The van der Waals surface area contributed by atoms with Crippen molar-refractivity contribution in [2.24, 2.45) is 5.16 Å². The summed E-state index contributed by atoms with van der Waals surface area (Å²) in [5, 5.41) is 4.20. The number of nitrogens with zero attached hydrogens (tertiary/aromatic N) is 2. The first-order chi connectivity index (χ1) is 13.7. The number of amides is 1. The number of oxime groups is 1. The van der Waals surface area contributed by atoms with Gasteiger partial charge in [-0.2, -0.15) is 0 Å². The molecule has 0 aromatic heterocycles. The van der Waals surface area contributed by atoms with Gasteiger partial charge in [0, 0.05) is 18.5 Å². The lowest BCUT2D eigenvalue weighted by Gasteiger charge is -2.23. The molecule has 28 heavy (non-hydrogen) atoms. The molecule has 6 nitrogen and oxygen atoms in total. The van der Waals surface area contributed by atoms with Gasteiger partial charge in [-0.15, -0.1) is 6.58 Å². The molecular formula is C22H24N2O4. The lowest BCUT2D eigenvalue weighted by Crippen LogP contribution is -2.40. The topological polar surface area (TPSA) is 60.4 Å². The lowest BCUT2D eigenvalue weighted by molar-refractivity contribution is -0.134. The zero-order valence-electron chi connectivity index (χ0n) is 15.9. The Hall–Kier alpha value is -3.28. The average molecular weight is 380 g/mol. The van der Waals surface area contributed by atoms with Crippen LogP contribution in [-0.2, 0) is 9.63 Å². The summed E-state index contributed by atoms with van der Waals surface area (Å²) in [5.41, 5.74) is 1.72. The standard InChI is InChI=1S/C22H24N2O4/c1-3-13-24(22(25)16-27-17-9-5-4-6-10-17)15-18-14-20(23-28-18)19-11-7-8-12-21(19)26-2/h3-12,18H,1,13-16H2,2H3/t18-/m0/s1. The predicted octanol–water partition coefficient (Wildman–Crippen LogP) is 3.28. The van der Waals surface area contributed by atoms with Crippen LogP contribution in [0, 0.1) is 0 Å². The molecule has 1 aliphatic rings. The molecule has 146 valence electrons. The maximum absolute atomic E-state index is 12.6. The molecule has 2 aromatic carbocycles. The Labute approximate surface area is 165 Å². The molecule has 0 bridgehead atoms. The molecule has 1 atom stereocenters. The minimum absolute atomic E-state index is 0.0369. The Balaban J connectivity index is 1.57. The van der Waals surface area contributed by atoms with Crippen molar-refractivity contribution < 1.29 is 19.1 Å². The first kappa shape index (κ1) is 19.5. The smallest absolute Gasteiger partial charge is 0.260 e. The third kappa shape index (κ3) is 4.91. The molecule has 0 saturated heterocycles. The van der Waals surface area contributed by atoms with Crippen LogP contribution in [0.3, 0.4) is 0 Å². The molecular weight excluding hydrogens is 356 g/mol. The first-order valence-electron chi connectivity index (χ1n) is 9.14. The molecule has 3 rings (SSSR count). The van der Waals surface area contributed by atoms with E-state index in [2.05, 4.69) is 11.7 Å². The van der Waals surface area contributed by atoms with Crippen molar-refractivity contribution in [1.29, 1.82) is 0 Å². The van der Waals surface area contributed by atoms with Crippen molar-refractivity contribution in [2.45, 2.75) is 12.5 Å². The van der Waals surface area contributed by atoms with Crippen LogP contribution in [0.1, 0.15) is 12.0 Å². The molecule has 0 saturated carbocycles. The molecule has 1 heterocycles. The zero-order valence-corrected chi connectivity index (χ0v) is 15.9. The van der Waals surface area contributed by atoms with E-state index in [1.54, 1.807) is 18.1 Å². The van der Waals surface area contributed by atoms with Gasteiger partial charge in [-0.25, -0.2) is 0 Å². The monoisotopic (exact) mass is 380 g/mol. The largest absolute Gasteiger partial charge is 0.496 e. The fraction of sp³-hybridized carbons (Fsp3) is 0.273. The second kappa shape index (κ2) is 9.60. The van der Waals surface area contributed by atoms with Gasteiger partial charge in [0.05, 0.1) is 19.4 Å². The minimum Gasteiger partial charge on any atom is -0.496 e. The Kier molecular flexibility index (Phi) is 6.68. The van der Waals surface area contributed by atoms with E-state index in [9.17, 15) is 4.79 Å². The van der Waals surface area contributed by atoms with Crippen LogP contribution in [0.2, 0.25) is 0 Å². The van der Waals surface area contributed by atoms with E-state index in [4.69, 9.17) is 14.3 Å². The molecule has 0 aliphatic carbocycles. The number of methoxy groups -OCH3 is 1. The molecule has 1 aliphatic heterocycles. The SMILES string of the molecule is C=CCN(C[C@@H]1CC(c2ccccc2OC)=NO1)C(=O)COc1ccccc1. The van der Waals surface area contributed by atoms with Gasteiger partial charge in [0.15, 0.2) is 12.7 Å². The Morgan fingerprint density at radius 1 is 1.25 bits per heavy atom. The third-order valence-electron chi connectivity index (χ3n) is 4.38. The highest BCUT2D eigenvalue weighted by Crippen LogP contribution is 2.24. The summed E-state index contributed by atoms with van der Waals surface area (Å²) in [6, 6.07) is 16.9. The Morgan fingerprint density at radius 3 is 2.75 bits per heavy atom. The normalized spacial score (nSPS) is 15.3. The maximum atomic E-state index is 12.6. The summed E-state index contributed by atoms with van der Waals surface area (Å²) < 4.78 is 11.0. The predicted molar refractivity (Wildman–Crippen MR) is 108 cm³/mol. The molecule has 0 spiro atoms. The average Bonchev–Trinajstić information content (AvgIpc) is 3.21. The number of carbonyl (C=O) groups is 1. The second-order valence-corrected chi connectivity index (χ2v) is 6.36. The van der Waals surface area contributed by atoms with Crippen molar-refractivity contribution in [3.8, 4) is 11.5 Å². The molecule has 0 radical (unpaired) electrons. The molecule has 1 amide bonds. The lowest BCUT2D eigenvalue weighted by atomic mass is 10.0. The number of hydrogen-bond acceptors (Lipinski definition) is 5. The van der Waals surface area contributed by atoms with E-state index in [1.165, 1.54) is 0 Å². The quantitative estimate of drug-likeness (QED) is 0.627. The number of rotatable bonds is 9. The van der Waals surface area contributed by atoms with Crippen molar-refractivity contribution >= 4 is 11.6 Å². The fourth-order valence-corrected chi connectivity index (χ4v) is 3.00. The van der Waals surface area contributed by atoms with Crippen LogP contribution < -0.4 is 9.47 Å². The van der Waals surface area contributed by atoms with E-state index < -0.39 is 0 Å². The van der Waals surface area contributed by atoms with E-state index in [-0.39, 0.29) is 18.6 Å². The van der Waals surface area contributed by atoms with Crippen LogP contribution in [-0.4, -0.2) is 49.4 Å². The highest BCUT2D eigenvalue weighted by atomic mass is 16.6. The fourth-order valence-electron chi connectivity index (χ4n) is 3.00. The molecule has 0 N–H and O–H groups in total. The van der Waals surface area contributed by atoms with Crippen molar-refractivity contribution in [2.75, 3.05) is 26.8 Å². The van der Waals surface area contributed by atoms with E-state index in [1.807, 2.05) is 54.6 Å². The van der Waals surface area contributed by atoms with Gasteiger partial charge in [-0.3, -0.25) is 4.79 Å². The summed E-state index contributed by atoms with van der Waals surface area (Å²) in [5.74, 6) is 1.28. The Morgan fingerprint density at radius 2 is 2.00 bits per heavy atom. The van der Waals surface area contributed by atoms with Crippen LogP contribution in [0.15, 0.2) is 72.4 Å². The van der Waals surface area contributed by atoms with Crippen molar-refractivity contribution in [1.82, 2.24) is 4.90 Å². The molecule has 2 aromatic rings. The molecule has 6 heteroatoms. The van der Waals surface area contributed by atoms with Crippen molar-refractivity contribution in [3.63, 3.8) is 0 Å². The van der Waals surface area contributed by atoms with Crippen LogP contribution in [0.25, 0.3) is 0 Å². The van der Waals surface area contributed by atoms with Gasteiger partial charge in [0.25, 0.3) is 5.91 Å². The zero-order chi connectivity index (χ0) is 19.8. The van der Waals surface area contributed by atoms with Gasteiger partial charge < -0.3 is 19.2 Å². The summed E-state index contributed by atoms with van der Waals surface area (Å²) in [7, 11) is 1.63. The van der Waals surface area contributed by atoms with E-state index in [0.29, 0.717) is 25.3 Å². The highest BCUT2D eigenvalue weighted by Gasteiger charge is 2.27. The van der Waals surface area contributed by atoms with E-state index in [0.717, 1.165) is 17.0 Å². The second-order valence-electron chi connectivity index (χ2n) is 6.36. The first-order valence-corrected chi connectivity index (χ1v) is 9.14. The van der Waals surface area contributed by atoms with Gasteiger partial charge in [-0.1, -0.05) is 41.6 Å². The van der Waals surface area contributed by atoms with Crippen LogP contribution >= 0.6 is 0 Å². The third-order valence-corrected chi connectivity index (χ3v) is 4.38. The molecule has 0 fully saturated rings. The number of para-hydroxylation sites is 2. The van der Waals surface area contributed by atoms with Crippen molar-refractivity contribution in [3.05, 3.63) is 72.8 Å². The summed E-state index contributed by atoms with van der Waals surface area (Å²) >= 11 is 0. The van der Waals surface area contributed by atoms with Crippen LogP contribution in [0.5, 0.6) is 11.5 Å². The van der Waals surface area contributed by atoms with Gasteiger partial charge >= 0.3 is 0 Å².